The molecule has 5 atom stereocenters. The van der Waals surface area contributed by atoms with Crippen LogP contribution >= 0.6 is 0 Å². The Labute approximate surface area is 141 Å². The molecule has 1 unspecified atom stereocenters. The van der Waals surface area contributed by atoms with E-state index in [1.54, 1.807) is 13.8 Å². The maximum atomic E-state index is 13.2. The molecule has 0 radical (unpaired) electrons. The average Bonchev–Trinajstić information content (AvgIpc) is 2.43. The average molecular weight is 351 g/mol. The summed E-state index contributed by atoms with van der Waals surface area (Å²) in [4.78, 5) is 22.7. The van der Waals surface area contributed by atoms with Crippen molar-refractivity contribution >= 4 is 11.9 Å². The number of amides is 1. The van der Waals surface area contributed by atoms with Crippen LogP contribution in [0.25, 0.3) is 0 Å². The molecule has 0 aromatic heterocycles. The number of nitrogens with one attached hydrogen (secondary N) is 1. The van der Waals surface area contributed by atoms with E-state index < -0.39 is 36.2 Å². The Morgan fingerprint density at radius 1 is 1.25 bits per heavy atom. The fourth-order valence-corrected chi connectivity index (χ4v) is 2.55. The van der Waals surface area contributed by atoms with Gasteiger partial charge in [0.1, 0.15) is 6.61 Å². The number of rotatable bonds is 6. The van der Waals surface area contributed by atoms with Crippen LogP contribution in [-0.4, -0.2) is 48.9 Å². The first-order valence-corrected chi connectivity index (χ1v) is 8.06. The number of hydrogen-bond acceptors (Lipinski definition) is 5. The quantitative estimate of drug-likeness (QED) is 0.742. The molecule has 0 aromatic carbocycles. The summed E-state index contributed by atoms with van der Waals surface area (Å²) in [7, 11) is 0. The van der Waals surface area contributed by atoms with Crippen LogP contribution < -0.4 is 5.32 Å². The third-order valence-electron chi connectivity index (χ3n) is 4.14. The van der Waals surface area contributed by atoms with E-state index >= 15 is 0 Å². The van der Waals surface area contributed by atoms with Crippen LogP contribution in [-0.2, 0) is 23.8 Å². The molecular formula is C16H27F2NO5. The van der Waals surface area contributed by atoms with Crippen molar-refractivity contribution in [3.05, 3.63) is 0 Å². The van der Waals surface area contributed by atoms with Crippen LogP contribution in [0.4, 0.5) is 8.78 Å². The molecule has 0 aliphatic carbocycles. The summed E-state index contributed by atoms with van der Waals surface area (Å²) >= 11 is 0. The lowest BCUT2D eigenvalue weighted by Crippen LogP contribution is -2.60. The van der Waals surface area contributed by atoms with Crippen molar-refractivity contribution in [1.82, 2.24) is 5.32 Å². The topological polar surface area (TPSA) is 73.9 Å². The Morgan fingerprint density at radius 3 is 2.29 bits per heavy atom. The molecule has 1 aliphatic rings. The second-order valence-corrected chi connectivity index (χ2v) is 6.64. The normalized spacial score (nSPS) is 31.0. The molecule has 0 saturated carbocycles. The van der Waals surface area contributed by atoms with Gasteiger partial charge in [0, 0.05) is 13.8 Å². The van der Waals surface area contributed by atoms with Gasteiger partial charge in [0.15, 0.2) is 6.29 Å². The van der Waals surface area contributed by atoms with Crippen LogP contribution in [0.1, 0.15) is 41.5 Å². The minimum absolute atomic E-state index is 0.0450. The monoisotopic (exact) mass is 351 g/mol. The Kier molecular flexibility index (Phi) is 7.10. The lowest BCUT2D eigenvalue weighted by Gasteiger charge is -2.45. The molecule has 0 spiro atoms. The van der Waals surface area contributed by atoms with Gasteiger partial charge in [0.2, 0.25) is 0 Å². The van der Waals surface area contributed by atoms with Crippen LogP contribution in [0, 0.1) is 11.8 Å². The maximum absolute atomic E-state index is 13.2. The number of esters is 1. The van der Waals surface area contributed by atoms with Crippen molar-refractivity contribution in [2.45, 2.75) is 72.0 Å². The number of ether oxygens (including phenoxy) is 3. The van der Waals surface area contributed by atoms with Crippen LogP contribution in [0.3, 0.4) is 0 Å². The minimum atomic E-state index is -3.49. The summed E-state index contributed by atoms with van der Waals surface area (Å²) in [6, 6.07) is -0.727. The molecular weight excluding hydrogens is 324 g/mol. The number of hydrogen-bond donors (Lipinski definition) is 1. The van der Waals surface area contributed by atoms with E-state index in [1.807, 2.05) is 13.8 Å². The zero-order valence-corrected chi connectivity index (χ0v) is 15.0. The van der Waals surface area contributed by atoms with Crippen molar-refractivity contribution in [3.8, 4) is 0 Å². The smallest absolute Gasteiger partial charge is 0.321 e. The Hall–Kier alpha value is -1.28. The first kappa shape index (κ1) is 20.8. The first-order chi connectivity index (χ1) is 10.9. The second kappa shape index (κ2) is 8.20. The SMILES string of the molecule is CC(=O)OC[C@H]1OC(OC(C)C)[C@H](NC(=O)C(C)(F)F)[C@@H](C)[C@H]1C. The minimum Gasteiger partial charge on any atom is -0.463 e. The van der Waals surface area contributed by atoms with E-state index in [9.17, 15) is 18.4 Å². The summed E-state index contributed by atoms with van der Waals surface area (Å²) < 4.78 is 42.9. The van der Waals surface area contributed by atoms with Gasteiger partial charge >= 0.3 is 11.9 Å². The highest BCUT2D eigenvalue weighted by molar-refractivity contribution is 5.83. The summed E-state index contributed by atoms with van der Waals surface area (Å²) in [5.41, 5.74) is 0. The van der Waals surface area contributed by atoms with E-state index in [1.165, 1.54) is 6.92 Å². The molecule has 0 aromatic rings. The Bertz CT molecular complexity index is 452. The number of halogens is 2. The summed E-state index contributed by atoms with van der Waals surface area (Å²) in [6.45, 7) is 9.12. The van der Waals surface area contributed by atoms with Gasteiger partial charge in [-0.25, -0.2) is 0 Å². The number of carbonyl (C=O) groups is 2. The summed E-state index contributed by atoms with van der Waals surface area (Å²) in [6.07, 6.45) is -1.57. The lowest BCUT2D eigenvalue weighted by molar-refractivity contribution is -0.255. The lowest BCUT2D eigenvalue weighted by atomic mass is 9.82. The van der Waals surface area contributed by atoms with Crippen LogP contribution in [0.15, 0.2) is 0 Å². The molecule has 1 heterocycles. The molecule has 1 saturated heterocycles. The zero-order chi connectivity index (χ0) is 18.7. The van der Waals surface area contributed by atoms with E-state index in [-0.39, 0.29) is 24.5 Å². The van der Waals surface area contributed by atoms with E-state index in [2.05, 4.69) is 5.32 Å². The third kappa shape index (κ3) is 5.66. The number of alkyl halides is 2. The zero-order valence-electron chi connectivity index (χ0n) is 15.0. The molecule has 1 rings (SSSR count). The first-order valence-electron chi connectivity index (χ1n) is 8.06. The molecule has 1 amide bonds. The third-order valence-corrected chi connectivity index (χ3v) is 4.14. The van der Waals surface area contributed by atoms with Gasteiger partial charge in [-0.1, -0.05) is 13.8 Å². The van der Waals surface area contributed by atoms with Crippen LogP contribution in [0.2, 0.25) is 0 Å². The van der Waals surface area contributed by atoms with Crippen molar-refractivity contribution in [2.24, 2.45) is 11.8 Å². The predicted molar refractivity (Wildman–Crippen MR) is 82.4 cm³/mol. The van der Waals surface area contributed by atoms with Crippen molar-refractivity contribution in [1.29, 1.82) is 0 Å². The van der Waals surface area contributed by atoms with Gasteiger partial charge in [0.05, 0.1) is 18.2 Å². The van der Waals surface area contributed by atoms with E-state index in [4.69, 9.17) is 14.2 Å². The van der Waals surface area contributed by atoms with Gasteiger partial charge in [-0.2, -0.15) is 8.78 Å². The fourth-order valence-electron chi connectivity index (χ4n) is 2.55. The molecule has 8 heteroatoms. The van der Waals surface area contributed by atoms with Gasteiger partial charge < -0.3 is 19.5 Å². The molecule has 1 N–H and O–H groups in total. The Balaban J connectivity index is 2.91. The number of carbonyl (C=O) groups excluding carboxylic acids is 2. The van der Waals surface area contributed by atoms with Gasteiger partial charge in [0.25, 0.3) is 5.91 Å². The summed E-state index contributed by atoms with van der Waals surface area (Å²) in [5.74, 6) is -5.63. The van der Waals surface area contributed by atoms with Crippen molar-refractivity contribution in [3.63, 3.8) is 0 Å². The maximum Gasteiger partial charge on any atom is 0.321 e. The van der Waals surface area contributed by atoms with Gasteiger partial charge in [-0.3, -0.25) is 9.59 Å². The standard InChI is InChI=1S/C16H27F2NO5/c1-8(2)23-14-13(19-15(21)16(6,17)18)10(4)9(3)12(24-14)7-22-11(5)20/h8-10,12-14H,7H2,1-6H3,(H,19,21)/t9-,10+,12-,13-,14?/m1/s1. The highest BCUT2D eigenvalue weighted by atomic mass is 19.3. The van der Waals surface area contributed by atoms with E-state index in [0.717, 1.165) is 0 Å². The van der Waals surface area contributed by atoms with Gasteiger partial charge in [-0.05, 0) is 25.7 Å². The highest BCUT2D eigenvalue weighted by Gasteiger charge is 2.45. The van der Waals surface area contributed by atoms with Crippen LogP contribution in [0.5, 0.6) is 0 Å². The van der Waals surface area contributed by atoms with Crippen molar-refractivity contribution < 1.29 is 32.6 Å². The van der Waals surface area contributed by atoms with E-state index in [0.29, 0.717) is 6.92 Å². The van der Waals surface area contributed by atoms with Gasteiger partial charge in [-0.15, -0.1) is 0 Å². The van der Waals surface area contributed by atoms with Crippen molar-refractivity contribution in [2.75, 3.05) is 6.61 Å². The largest absolute Gasteiger partial charge is 0.463 e. The molecule has 1 aliphatic heterocycles. The second-order valence-electron chi connectivity index (χ2n) is 6.64. The molecule has 6 nitrogen and oxygen atoms in total. The summed E-state index contributed by atoms with van der Waals surface area (Å²) in [5, 5.41) is 2.33. The molecule has 1 fully saturated rings. The fraction of sp³-hybridized carbons (Fsp3) is 0.875. The molecule has 24 heavy (non-hydrogen) atoms. The molecule has 0 bridgehead atoms. The predicted octanol–water partition coefficient (Wildman–Crippen LogP) is 2.11. The Morgan fingerprint density at radius 2 is 1.83 bits per heavy atom. The molecule has 140 valence electrons. The highest BCUT2D eigenvalue weighted by Crippen LogP contribution is 2.32.